The van der Waals surface area contributed by atoms with Crippen molar-refractivity contribution < 1.29 is 9.26 Å². The van der Waals surface area contributed by atoms with E-state index in [0.717, 1.165) is 38.0 Å². The van der Waals surface area contributed by atoms with Gasteiger partial charge in [-0.3, -0.25) is 0 Å². The number of ether oxygens (including phenoxy) is 1. The quantitative estimate of drug-likeness (QED) is 0.896. The van der Waals surface area contributed by atoms with Crippen molar-refractivity contribution in [3.63, 3.8) is 0 Å². The Balaban J connectivity index is 1.65. The number of benzene rings is 1. The number of fused-ring (bicyclic) bond motifs is 1. The second-order valence-corrected chi connectivity index (χ2v) is 5.01. The molecule has 19 heavy (non-hydrogen) atoms. The average Bonchev–Trinajstić information content (AvgIpc) is 3.18. The third-order valence-corrected chi connectivity index (χ3v) is 3.72. The summed E-state index contributed by atoms with van der Waals surface area (Å²) < 4.78 is 10.9. The van der Waals surface area contributed by atoms with Crippen molar-refractivity contribution in [1.29, 1.82) is 0 Å². The molecule has 0 spiro atoms. The topological polar surface area (TPSA) is 60.2 Å². The summed E-state index contributed by atoms with van der Waals surface area (Å²) in [5, 5.41) is 7.38. The highest BCUT2D eigenvalue weighted by Crippen LogP contribution is 2.30. The van der Waals surface area contributed by atoms with E-state index < -0.39 is 0 Å². The van der Waals surface area contributed by atoms with E-state index in [1.54, 1.807) is 0 Å². The third kappa shape index (κ3) is 1.90. The van der Waals surface area contributed by atoms with Crippen molar-refractivity contribution in [2.45, 2.75) is 25.4 Å². The molecule has 2 aliphatic rings. The molecule has 1 fully saturated rings. The Morgan fingerprint density at radius 2 is 2.32 bits per heavy atom. The molecule has 0 bridgehead atoms. The molecular weight excluding hydrogens is 242 g/mol. The van der Waals surface area contributed by atoms with Crippen LogP contribution in [0.5, 0.6) is 0 Å². The Kier molecular flexibility index (Phi) is 2.51. The van der Waals surface area contributed by atoms with Crippen LogP contribution in [0.25, 0.3) is 11.5 Å². The summed E-state index contributed by atoms with van der Waals surface area (Å²) >= 11 is 0. The zero-order valence-corrected chi connectivity index (χ0v) is 10.6. The smallest absolute Gasteiger partial charge is 0.258 e. The molecule has 0 radical (unpaired) electrons. The number of anilines is 1. The van der Waals surface area contributed by atoms with E-state index in [4.69, 9.17) is 9.26 Å². The molecule has 0 saturated carbocycles. The predicted octanol–water partition coefficient (Wildman–Crippen LogP) is 2.56. The second-order valence-electron chi connectivity index (χ2n) is 5.01. The zero-order chi connectivity index (χ0) is 12.7. The molecular formula is C14H15N3O2. The molecule has 3 heterocycles. The number of aromatic nitrogens is 2. The maximum absolute atomic E-state index is 5.57. The van der Waals surface area contributed by atoms with Crippen LogP contribution in [0.2, 0.25) is 0 Å². The first-order valence-corrected chi connectivity index (χ1v) is 6.72. The summed E-state index contributed by atoms with van der Waals surface area (Å²) in [7, 11) is 0. The molecule has 2 aromatic rings. The minimum Gasteiger partial charge on any atom is -0.384 e. The van der Waals surface area contributed by atoms with Gasteiger partial charge >= 0.3 is 0 Å². The summed E-state index contributed by atoms with van der Waals surface area (Å²) in [6, 6.07) is 6.22. The Hall–Kier alpha value is -1.88. The van der Waals surface area contributed by atoms with Gasteiger partial charge in [0.25, 0.3) is 5.89 Å². The Labute approximate surface area is 111 Å². The lowest BCUT2D eigenvalue weighted by Crippen LogP contribution is -1.97. The summed E-state index contributed by atoms with van der Waals surface area (Å²) in [5.74, 6) is 1.26. The highest BCUT2D eigenvalue weighted by atomic mass is 16.5. The Morgan fingerprint density at radius 3 is 3.21 bits per heavy atom. The van der Waals surface area contributed by atoms with Crippen molar-refractivity contribution in [3.8, 4) is 11.5 Å². The molecule has 1 aromatic heterocycles. The fourth-order valence-electron chi connectivity index (χ4n) is 2.70. The van der Waals surface area contributed by atoms with Crippen molar-refractivity contribution in [3.05, 3.63) is 29.6 Å². The molecule has 0 aliphatic carbocycles. The van der Waals surface area contributed by atoms with Gasteiger partial charge in [0, 0.05) is 24.4 Å². The first-order chi connectivity index (χ1) is 9.40. The summed E-state index contributed by atoms with van der Waals surface area (Å²) in [4.78, 5) is 4.46. The van der Waals surface area contributed by atoms with E-state index in [-0.39, 0.29) is 6.10 Å². The summed E-state index contributed by atoms with van der Waals surface area (Å²) in [5.41, 5.74) is 3.51. The van der Waals surface area contributed by atoms with Crippen LogP contribution in [-0.2, 0) is 11.2 Å². The molecule has 5 heteroatoms. The number of rotatable bonds is 2. The normalized spacial score (nSPS) is 21.4. The van der Waals surface area contributed by atoms with Crippen molar-refractivity contribution >= 4 is 5.69 Å². The standard InChI is InChI=1S/C14H15N3O2/c1-2-12(18-7-1)13-16-14(19-17-13)10-3-4-11-9(8-10)5-6-15-11/h3-4,8,12,15H,1-2,5-7H2. The molecule has 98 valence electrons. The van der Waals surface area contributed by atoms with Gasteiger partial charge in [0.15, 0.2) is 0 Å². The fraction of sp³-hybridized carbons (Fsp3) is 0.429. The lowest BCUT2D eigenvalue weighted by molar-refractivity contribution is 0.103. The van der Waals surface area contributed by atoms with Crippen LogP contribution in [0.4, 0.5) is 5.69 Å². The molecule has 1 unspecified atom stereocenters. The number of nitrogens with zero attached hydrogens (tertiary/aromatic N) is 2. The second kappa shape index (κ2) is 4.35. The number of hydrogen-bond donors (Lipinski definition) is 1. The molecule has 1 saturated heterocycles. The SMILES string of the molecule is c1cc2c(cc1-c1nc(C3CCCO3)no1)CCN2. The monoisotopic (exact) mass is 257 g/mol. The van der Waals surface area contributed by atoms with E-state index in [2.05, 4.69) is 27.6 Å². The number of nitrogens with one attached hydrogen (secondary N) is 1. The van der Waals surface area contributed by atoms with Crippen LogP contribution in [0.15, 0.2) is 22.7 Å². The van der Waals surface area contributed by atoms with Crippen LogP contribution in [0.1, 0.15) is 30.3 Å². The molecule has 5 nitrogen and oxygen atoms in total. The van der Waals surface area contributed by atoms with Crippen molar-refractivity contribution in [2.24, 2.45) is 0 Å². The van der Waals surface area contributed by atoms with Gasteiger partial charge in [-0.1, -0.05) is 5.16 Å². The average molecular weight is 257 g/mol. The minimum atomic E-state index is 0.00796. The van der Waals surface area contributed by atoms with Gasteiger partial charge in [0.2, 0.25) is 5.82 Å². The summed E-state index contributed by atoms with van der Waals surface area (Å²) in [6.07, 6.45) is 3.11. The largest absolute Gasteiger partial charge is 0.384 e. The van der Waals surface area contributed by atoms with Gasteiger partial charge in [0.05, 0.1) is 0 Å². The minimum absolute atomic E-state index is 0.00796. The van der Waals surface area contributed by atoms with Gasteiger partial charge < -0.3 is 14.6 Å². The van der Waals surface area contributed by atoms with Gasteiger partial charge in [-0.25, -0.2) is 0 Å². The summed E-state index contributed by atoms with van der Waals surface area (Å²) in [6.45, 7) is 1.79. The molecule has 1 atom stereocenters. The molecule has 0 amide bonds. The van der Waals surface area contributed by atoms with Crippen LogP contribution in [0, 0.1) is 0 Å². The molecule has 1 aromatic carbocycles. The Bertz CT molecular complexity index is 602. The number of hydrogen-bond acceptors (Lipinski definition) is 5. The zero-order valence-electron chi connectivity index (χ0n) is 10.6. The van der Waals surface area contributed by atoms with Gasteiger partial charge in [-0.2, -0.15) is 4.98 Å². The lowest BCUT2D eigenvalue weighted by Gasteiger charge is -2.01. The van der Waals surface area contributed by atoms with Crippen LogP contribution in [0.3, 0.4) is 0 Å². The van der Waals surface area contributed by atoms with Gasteiger partial charge in [-0.05, 0) is 43.0 Å². The van der Waals surface area contributed by atoms with Crippen LogP contribution in [-0.4, -0.2) is 23.3 Å². The maximum atomic E-state index is 5.57. The first-order valence-electron chi connectivity index (χ1n) is 6.72. The van der Waals surface area contributed by atoms with Crippen molar-refractivity contribution in [1.82, 2.24) is 10.1 Å². The predicted molar refractivity (Wildman–Crippen MR) is 69.9 cm³/mol. The van der Waals surface area contributed by atoms with Crippen LogP contribution < -0.4 is 5.32 Å². The Morgan fingerprint density at radius 1 is 1.32 bits per heavy atom. The van der Waals surface area contributed by atoms with Gasteiger partial charge in [0.1, 0.15) is 6.10 Å². The van der Waals surface area contributed by atoms with E-state index in [0.29, 0.717) is 11.7 Å². The van der Waals surface area contributed by atoms with E-state index in [9.17, 15) is 0 Å². The molecule has 2 aliphatic heterocycles. The van der Waals surface area contributed by atoms with Crippen LogP contribution >= 0.6 is 0 Å². The molecule has 1 N–H and O–H groups in total. The fourth-order valence-corrected chi connectivity index (χ4v) is 2.70. The van der Waals surface area contributed by atoms with Crippen molar-refractivity contribution in [2.75, 3.05) is 18.5 Å². The first kappa shape index (κ1) is 11.0. The highest BCUT2D eigenvalue weighted by Gasteiger charge is 2.23. The maximum Gasteiger partial charge on any atom is 0.258 e. The van der Waals surface area contributed by atoms with E-state index >= 15 is 0 Å². The van der Waals surface area contributed by atoms with E-state index in [1.165, 1.54) is 11.3 Å². The van der Waals surface area contributed by atoms with Gasteiger partial charge in [-0.15, -0.1) is 0 Å². The highest BCUT2D eigenvalue weighted by molar-refractivity contribution is 5.64. The lowest BCUT2D eigenvalue weighted by atomic mass is 10.1. The molecule has 4 rings (SSSR count). The van der Waals surface area contributed by atoms with E-state index in [1.807, 2.05) is 6.07 Å². The third-order valence-electron chi connectivity index (χ3n) is 3.72.